The predicted molar refractivity (Wildman–Crippen MR) is 278 cm³/mol. The summed E-state index contributed by atoms with van der Waals surface area (Å²) in [5.41, 5.74) is 15.0. The van der Waals surface area contributed by atoms with Crippen LogP contribution >= 0.6 is 0 Å². The average molecular weight is 957 g/mol. The molecule has 0 atom stereocenters. The number of furan rings is 2. The van der Waals surface area contributed by atoms with E-state index in [9.17, 15) is 4.79 Å². The van der Waals surface area contributed by atoms with Crippen molar-refractivity contribution in [1.29, 1.82) is 0 Å². The van der Waals surface area contributed by atoms with E-state index >= 15 is 0 Å². The fourth-order valence-corrected chi connectivity index (χ4v) is 9.91. The van der Waals surface area contributed by atoms with Crippen molar-refractivity contribution in [2.75, 3.05) is 18.4 Å². The quantitative estimate of drug-likeness (QED) is 0.0816. The van der Waals surface area contributed by atoms with Crippen molar-refractivity contribution in [3.63, 3.8) is 0 Å². The second kappa shape index (κ2) is 17.2. The lowest BCUT2D eigenvalue weighted by molar-refractivity contribution is 0.102. The van der Waals surface area contributed by atoms with E-state index in [1.807, 2.05) is 104 Å². The highest BCUT2D eigenvalue weighted by molar-refractivity contribution is 6.05. The molecule has 0 saturated carbocycles. The molecule has 1 saturated heterocycles. The number of nitrogens with zero attached hydrogens (tertiary/aromatic N) is 9. The Kier molecular flexibility index (Phi) is 9.92. The first-order chi connectivity index (χ1) is 36.0. The van der Waals surface area contributed by atoms with Crippen LogP contribution in [-0.4, -0.2) is 84.2 Å². The van der Waals surface area contributed by atoms with E-state index in [1.165, 1.54) is 18.4 Å². The normalized spacial score (nSPS) is 13.0. The SMILES string of the molecule is O=C(Nc1cncc(-c2cc3c(-c4nc5c(-c6ccoc6)cccc5[nH]4)n[nH]c3c(-c3cc(-c4cccc5[nH]c(-c6n[nH]c7cnc(-c8cncc(CN9CCCC9)c8)cc67)nc45)co3)n2)c1)c1ccccc1. The van der Waals surface area contributed by atoms with Gasteiger partial charge in [0.05, 0.1) is 81.4 Å². The van der Waals surface area contributed by atoms with E-state index in [1.54, 1.807) is 43.3 Å². The molecule has 0 radical (unpaired) electrons. The van der Waals surface area contributed by atoms with Crippen LogP contribution in [0.1, 0.15) is 28.8 Å². The zero-order valence-corrected chi connectivity index (χ0v) is 38.7. The maximum absolute atomic E-state index is 13.2. The maximum Gasteiger partial charge on any atom is 0.255 e. The maximum atomic E-state index is 13.2. The molecule has 3 aromatic carbocycles. The van der Waals surface area contributed by atoms with Crippen LogP contribution in [0.3, 0.4) is 0 Å². The van der Waals surface area contributed by atoms with Gasteiger partial charge in [0, 0.05) is 74.9 Å². The number of anilines is 1. The largest absolute Gasteiger partial charge is 0.472 e. The summed E-state index contributed by atoms with van der Waals surface area (Å²) in [6.45, 7) is 3.10. The van der Waals surface area contributed by atoms with Crippen LogP contribution < -0.4 is 5.32 Å². The molecule has 10 aromatic heterocycles. The Hall–Kier alpha value is -9.87. The Balaban J connectivity index is 0.842. The van der Waals surface area contributed by atoms with Gasteiger partial charge < -0.3 is 24.1 Å². The molecular weight excluding hydrogens is 917 g/mol. The first-order valence-corrected chi connectivity index (χ1v) is 23.8. The van der Waals surface area contributed by atoms with Crippen molar-refractivity contribution >= 4 is 55.5 Å². The number of hydrogen-bond donors (Lipinski definition) is 5. The minimum Gasteiger partial charge on any atom is -0.472 e. The smallest absolute Gasteiger partial charge is 0.255 e. The van der Waals surface area contributed by atoms with Crippen molar-refractivity contribution in [3.8, 4) is 79.3 Å². The summed E-state index contributed by atoms with van der Waals surface area (Å²) in [6.07, 6.45) is 16.5. The van der Waals surface area contributed by atoms with E-state index in [0.717, 1.165) is 91.5 Å². The highest BCUT2D eigenvalue weighted by Gasteiger charge is 2.24. The third kappa shape index (κ3) is 7.58. The monoisotopic (exact) mass is 956 g/mol. The number of aromatic amines is 4. The number of fused-ring (bicyclic) bond motifs is 4. The molecule has 1 fully saturated rings. The number of likely N-dealkylation sites (tertiary alicyclic amines) is 1. The standard InChI is InChI=1S/C56H40N14O3/c71-56(32-8-2-1-3-9-32)60-37-19-35(25-58-26-37)45-22-41-50(67-69-52(41)55-63-42-12-6-10-38(48(42)64-55)33-14-17-72-29-33)53(61-45)47-20-36(30-73-47)39-11-7-13-43-49(39)65-54(62-43)51-40-21-44(59-27-46(40)66-68-51)34-18-31(23-57-24-34)28-70-15-4-5-16-70/h1-3,6-14,17-27,29-30H,4-5,15-16,28H2,(H,60,71)(H,62,65)(H,63,64)(H,66,68)(H,67,69). The molecule has 1 aliphatic rings. The van der Waals surface area contributed by atoms with E-state index in [4.69, 9.17) is 39.0 Å². The van der Waals surface area contributed by atoms with Gasteiger partial charge in [0.25, 0.3) is 5.91 Å². The molecule has 0 bridgehead atoms. The minimum absolute atomic E-state index is 0.255. The second-order valence-electron chi connectivity index (χ2n) is 18.2. The number of pyridine rings is 4. The van der Waals surface area contributed by atoms with Crippen molar-refractivity contribution < 1.29 is 13.6 Å². The van der Waals surface area contributed by atoms with Crippen molar-refractivity contribution in [1.82, 2.24) is 65.2 Å². The first-order valence-electron chi connectivity index (χ1n) is 23.8. The van der Waals surface area contributed by atoms with Crippen molar-refractivity contribution in [2.24, 2.45) is 0 Å². The number of aromatic nitrogens is 12. The van der Waals surface area contributed by atoms with Gasteiger partial charge in [0.1, 0.15) is 17.1 Å². The summed E-state index contributed by atoms with van der Waals surface area (Å²) in [5, 5.41) is 20.6. The summed E-state index contributed by atoms with van der Waals surface area (Å²) >= 11 is 0. The lowest BCUT2D eigenvalue weighted by Crippen LogP contribution is -2.18. The van der Waals surface area contributed by atoms with Crippen LogP contribution in [0.2, 0.25) is 0 Å². The molecule has 0 aliphatic carbocycles. The number of amides is 1. The zero-order chi connectivity index (χ0) is 48.4. The number of hydrogen-bond acceptors (Lipinski definition) is 12. The molecule has 1 aliphatic heterocycles. The second-order valence-corrected chi connectivity index (χ2v) is 18.2. The molecule has 0 spiro atoms. The summed E-state index contributed by atoms with van der Waals surface area (Å²) in [6, 6.07) is 32.9. The van der Waals surface area contributed by atoms with E-state index in [0.29, 0.717) is 62.5 Å². The van der Waals surface area contributed by atoms with Gasteiger partial charge in [-0.2, -0.15) is 10.2 Å². The molecule has 73 heavy (non-hydrogen) atoms. The van der Waals surface area contributed by atoms with Crippen LogP contribution in [0.25, 0.3) is 123 Å². The summed E-state index contributed by atoms with van der Waals surface area (Å²) in [7, 11) is 0. The van der Waals surface area contributed by atoms with Gasteiger partial charge in [-0.05, 0) is 92.2 Å². The number of para-hydroxylation sites is 2. The van der Waals surface area contributed by atoms with Gasteiger partial charge >= 0.3 is 0 Å². The van der Waals surface area contributed by atoms with E-state index in [2.05, 4.69) is 46.4 Å². The van der Waals surface area contributed by atoms with Crippen LogP contribution in [0, 0.1) is 0 Å². The molecule has 0 unspecified atom stereocenters. The molecule has 11 heterocycles. The highest BCUT2D eigenvalue weighted by Crippen LogP contribution is 2.40. The summed E-state index contributed by atoms with van der Waals surface area (Å²) in [5.74, 6) is 1.39. The zero-order valence-electron chi connectivity index (χ0n) is 38.7. The van der Waals surface area contributed by atoms with Gasteiger partial charge in [0.15, 0.2) is 17.4 Å². The van der Waals surface area contributed by atoms with E-state index < -0.39 is 0 Å². The van der Waals surface area contributed by atoms with Crippen LogP contribution in [-0.2, 0) is 6.54 Å². The molecule has 17 nitrogen and oxygen atoms in total. The number of nitrogens with one attached hydrogen (secondary N) is 5. The molecular formula is C56H40N14O3. The summed E-state index contributed by atoms with van der Waals surface area (Å²) in [4.78, 5) is 52.0. The Morgan fingerprint density at radius 1 is 0.616 bits per heavy atom. The third-order valence-electron chi connectivity index (χ3n) is 13.5. The van der Waals surface area contributed by atoms with Crippen LogP contribution in [0.15, 0.2) is 162 Å². The number of H-pyrrole nitrogens is 4. The number of carbonyl (C=O) groups excluding carboxylic acids is 1. The molecule has 352 valence electrons. The predicted octanol–water partition coefficient (Wildman–Crippen LogP) is 11.5. The van der Waals surface area contributed by atoms with Gasteiger partial charge in [-0.25, -0.2) is 15.0 Å². The van der Waals surface area contributed by atoms with Gasteiger partial charge in [-0.15, -0.1) is 0 Å². The number of rotatable bonds is 11. The number of benzene rings is 3. The van der Waals surface area contributed by atoms with Gasteiger partial charge in [-0.1, -0.05) is 42.5 Å². The van der Waals surface area contributed by atoms with Crippen LogP contribution in [0.5, 0.6) is 0 Å². The lowest BCUT2D eigenvalue weighted by atomic mass is 10.0. The minimum atomic E-state index is -0.255. The van der Waals surface area contributed by atoms with Crippen molar-refractivity contribution in [2.45, 2.75) is 19.4 Å². The number of carbonyl (C=O) groups is 1. The molecule has 14 rings (SSSR count). The topological polar surface area (TPSA) is 225 Å². The highest BCUT2D eigenvalue weighted by atomic mass is 16.3. The molecule has 17 heteroatoms. The lowest BCUT2D eigenvalue weighted by Gasteiger charge is -2.14. The molecule has 5 N–H and O–H groups in total. The first kappa shape index (κ1) is 42.0. The Morgan fingerprint density at radius 3 is 2.12 bits per heavy atom. The molecule has 1 amide bonds. The summed E-state index contributed by atoms with van der Waals surface area (Å²) < 4.78 is 11.9. The van der Waals surface area contributed by atoms with Gasteiger partial charge in [-0.3, -0.25) is 34.8 Å². The third-order valence-corrected chi connectivity index (χ3v) is 13.5. The van der Waals surface area contributed by atoms with Crippen LogP contribution in [0.4, 0.5) is 5.69 Å². The Morgan fingerprint density at radius 2 is 1.34 bits per heavy atom. The van der Waals surface area contributed by atoms with E-state index in [-0.39, 0.29) is 5.91 Å². The Labute approximate surface area is 413 Å². The molecule has 13 aromatic rings. The number of imidazole rings is 2. The van der Waals surface area contributed by atoms with Gasteiger partial charge in [0.2, 0.25) is 0 Å². The average Bonchev–Trinajstić information content (AvgIpc) is 4.29. The van der Waals surface area contributed by atoms with Crippen molar-refractivity contribution in [3.05, 3.63) is 164 Å². The fourth-order valence-electron chi connectivity index (χ4n) is 9.91. The fraction of sp³-hybridized carbons (Fsp3) is 0.0893. The Bertz CT molecular complexity index is 4220.